The highest BCUT2D eigenvalue weighted by Gasteiger charge is 2.38. The minimum atomic E-state index is -4.11. The van der Waals surface area contributed by atoms with Gasteiger partial charge in [0.1, 0.15) is 20.1 Å². The highest BCUT2D eigenvalue weighted by atomic mass is 35.5. The predicted molar refractivity (Wildman–Crippen MR) is 127 cm³/mol. The van der Waals surface area contributed by atoms with Crippen LogP contribution >= 0.6 is 124 Å². The van der Waals surface area contributed by atoms with E-state index in [9.17, 15) is 4.57 Å². The SMILES string of the molecule is CC(C)P(=O)(Oc1c(Cl)c(Cl)c(Cl)c(Cl)c1Cl)Oc1c(Cl)c(Cl)c(Cl)c(Cl)c1Cl. The Morgan fingerprint density at radius 3 is 0.931 bits per heavy atom. The summed E-state index contributed by atoms with van der Waals surface area (Å²) in [5, 5.41) is -1.69. The Bertz CT molecular complexity index is 906. The smallest absolute Gasteiger partial charge is 0.413 e. The van der Waals surface area contributed by atoms with Gasteiger partial charge in [-0.05, 0) is 13.8 Å². The number of benzene rings is 2. The van der Waals surface area contributed by atoms with Crippen LogP contribution in [0.4, 0.5) is 0 Å². The van der Waals surface area contributed by atoms with Crippen LogP contribution in [-0.2, 0) is 4.57 Å². The maximum absolute atomic E-state index is 13.6. The third-order valence-corrected chi connectivity index (χ3v) is 10.0. The van der Waals surface area contributed by atoms with Crippen LogP contribution in [0.1, 0.15) is 13.8 Å². The van der Waals surface area contributed by atoms with Gasteiger partial charge in [-0.25, -0.2) is 4.57 Å². The molecule has 29 heavy (non-hydrogen) atoms. The molecule has 0 spiro atoms. The van der Waals surface area contributed by atoms with Crippen molar-refractivity contribution in [1.29, 1.82) is 0 Å². The number of hydrogen-bond donors (Lipinski definition) is 0. The molecule has 0 saturated heterocycles. The molecule has 3 nitrogen and oxygen atoms in total. The average molecular weight is 621 g/mol. The van der Waals surface area contributed by atoms with Crippen molar-refractivity contribution in [3.8, 4) is 11.5 Å². The van der Waals surface area contributed by atoms with Gasteiger partial charge in [-0.2, -0.15) is 0 Å². The minimum Gasteiger partial charge on any atom is -0.413 e. The molecule has 0 aliphatic heterocycles. The van der Waals surface area contributed by atoms with E-state index in [1.165, 1.54) is 0 Å². The quantitative estimate of drug-likeness (QED) is 0.190. The highest BCUT2D eigenvalue weighted by molar-refractivity contribution is 7.55. The maximum Gasteiger partial charge on any atom is 0.433 e. The molecule has 0 aromatic heterocycles. The predicted octanol–water partition coefficient (Wildman–Crippen LogP) is 11.3. The van der Waals surface area contributed by atoms with Crippen molar-refractivity contribution >= 4 is 124 Å². The normalized spacial score (nSPS) is 11.9. The van der Waals surface area contributed by atoms with Gasteiger partial charge in [0.05, 0.1) is 35.8 Å². The van der Waals surface area contributed by atoms with Gasteiger partial charge in [0.2, 0.25) is 0 Å². The highest BCUT2D eigenvalue weighted by Crippen LogP contribution is 2.61. The van der Waals surface area contributed by atoms with Crippen molar-refractivity contribution in [1.82, 2.24) is 0 Å². The van der Waals surface area contributed by atoms with Crippen molar-refractivity contribution in [2.45, 2.75) is 19.5 Å². The van der Waals surface area contributed by atoms with E-state index in [4.69, 9.17) is 125 Å². The zero-order chi connectivity index (χ0) is 22.4. The Balaban J connectivity index is 2.64. The zero-order valence-electron chi connectivity index (χ0n) is 14.0. The summed E-state index contributed by atoms with van der Waals surface area (Å²) in [6.07, 6.45) is 0. The molecule has 2 aromatic carbocycles. The van der Waals surface area contributed by atoms with Crippen LogP contribution in [0.2, 0.25) is 50.2 Å². The molecule has 0 N–H and O–H groups in total. The van der Waals surface area contributed by atoms with Crippen molar-refractivity contribution in [2.75, 3.05) is 0 Å². The van der Waals surface area contributed by atoms with Gasteiger partial charge in [0.25, 0.3) is 0 Å². The summed E-state index contributed by atoms with van der Waals surface area (Å²) in [4.78, 5) is 0. The molecule has 0 radical (unpaired) electrons. The Hall–Kier alpha value is 1.17. The second-order valence-electron chi connectivity index (χ2n) is 5.61. The summed E-state index contributed by atoms with van der Waals surface area (Å²) in [6.45, 7) is 3.09. The molecule has 0 bridgehead atoms. The van der Waals surface area contributed by atoms with Gasteiger partial charge in [0, 0.05) is 0 Å². The fourth-order valence-corrected chi connectivity index (χ4v) is 5.76. The summed E-state index contributed by atoms with van der Waals surface area (Å²) in [7, 11) is -4.11. The Kier molecular flexibility index (Phi) is 9.09. The maximum atomic E-state index is 13.6. The lowest BCUT2D eigenvalue weighted by atomic mass is 10.3. The molecule has 0 heterocycles. The molecule has 0 saturated carbocycles. The summed E-state index contributed by atoms with van der Waals surface area (Å²) in [5.41, 5.74) is -0.747. The summed E-state index contributed by atoms with van der Waals surface area (Å²) in [6, 6.07) is 0. The molecule has 0 aliphatic carbocycles. The molecular weight excluding hydrogens is 614 g/mol. The third-order valence-electron chi connectivity index (χ3n) is 3.41. The van der Waals surface area contributed by atoms with Crippen LogP contribution in [0.3, 0.4) is 0 Å². The lowest BCUT2D eigenvalue weighted by Gasteiger charge is -2.26. The molecular formula is C15H7Cl10O3P. The van der Waals surface area contributed by atoms with Gasteiger partial charge in [-0.3, -0.25) is 0 Å². The van der Waals surface area contributed by atoms with E-state index in [1.807, 2.05) is 0 Å². The second-order valence-corrected chi connectivity index (χ2v) is 11.9. The first kappa shape index (κ1) is 26.4. The number of halogens is 10. The van der Waals surface area contributed by atoms with Gasteiger partial charge >= 0.3 is 7.60 Å². The van der Waals surface area contributed by atoms with E-state index in [2.05, 4.69) is 0 Å². The number of hydrogen-bond acceptors (Lipinski definition) is 3. The molecule has 0 amide bonds. The monoisotopic (exact) mass is 616 g/mol. The fraction of sp³-hybridized carbons (Fsp3) is 0.200. The molecule has 0 aliphatic rings. The standard InChI is InChI=1S/C15H7Cl10O3P/c1-3(2)29(26,27-14-10(22)6(18)4(16)7(19)11(14)23)28-15-12(24)8(20)5(17)9(21)13(15)25/h3H,1-2H3. The molecule has 2 aromatic rings. The van der Waals surface area contributed by atoms with Crippen LogP contribution < -0.4 is 9.05 Å². The van der Waals surface area contributed by atoms with Crippen LogP contribution in [0.25, 0.3) is 0 Å². The van der Waals surface area contributed by atoms with Crippen molar-refractivity contribution < 1.29 is 13.6 Å². The van der Waals surface area contributed by atoms with Crippen molar-refractivity contribution in [3.05, 3.63) is 50.2 Å². The molecule has 0 fully saturated rings. The summed E-state index contributed by atoms with van der Waals surface area (Å²) < 4.78 is 24.7. The molecule has 160 valence electrons. The van der Waals surface area contributed by atoms with Crippen molar-refractivity contribution in [2.24, 2.45) is 0 Å². The number of rotatable bonds is 5. The molecule has 14 heteroatoms. The first-order valence-electron chi connectivity index (χ1n) is 7.26. The lowest BCUT2D eigenvalue weighted by molar-refractivity contribution is 0.377. The van der Waals surface area contributed by atoms with E-state index in [0.29, 0.717) is 0 Å². The third kappa shape index (κ3) is 5.07. The Labute approximate surface area is 216 Å². The van der Waals surface area contributed by atoms with Crippen LogP contribution in [0.15, 0.2) is 0 Å². The van der Waals surface area contributed by atoms with Crippen molar-refractivity contribution in [3.63, 3.8) is 0 Å². The molecule has 0 unspecified atom stereocenters. The van der Waals surface area contributed by atoms with Gasteiger partial charge in [-0.1, -0.05) is 116 Å². The van der Waals surface area contributed by atoms with E-state index in [0.717, 1.165) is 0 Å². The van der Waals surface area contributed by atoms with E-state index in [1.54, 1.807) is 13.8 Å². The lowest BCUT2D eigenvalue weighted by Crippen LogP contribution is -2.12. The van der Waals surface area contributed by atoms with Crippen LogP contribution in [-0.4, -0.2) is 5.66 Å². The Morgan fingerprint density at radius 1 is 0.517 bits per heavy atom. The average Bonchev–Trinajstić information content (AvgIpc) is 2.68. The van der Waals surface area contributed by atoms with E-state index < -0.39 is 13.3 Å². The van der Waals surface area contributed by atoms with Gasteiger partial charge < -0.3 is 9.05 Å². The Morgan fingerprint density at radius 2 is 0.724 bits per heavy atom. The zero-order valence-corrected chi connectivity index (χ0v) is 22.5. The van der Waals surface area contributed by atoms with Crippen LogP contribution in [0, 0.1) is 0 Å². The largest absolute Gasteiger partial charge is 0.433 e. The first-order valence-corrected chi connectivity index (χ1v) is 12.7. The van der Waals surface area contributed by atoms with E-state index in [-0.39, 0.29) is 61.7 Å². The topological polar surface area (TPSA) is 35.5 Å². The van der Waals surface area contributed by atoms with Gasteiger partial charge in [-0.15, -0.1) is 0 Å². The minimum absolute atomic E-state index is 0.0988. The van der Waals surface area contributed by atoms with Crippen LogP contribution in [0.5, 0.6) is 11.5 Å². The second kappa shape index (κ2) is 9.98. The van der Waals surface area contributed by atoms with Gasteiger partial charge in [0.15, 0.2) is 11.5 Å². The first-order chi connectivity index (χ1) is 13.2. The van der Waals surface area contributed by atoms with E-state index >= 15 is 0 Å². The fourth-order valence-electron chi connectivity index (χ4n) is 1.81. The summed E-state index contributed by atoms with van der Waals surface area (Å²) >= 11 is 60.6. The molecule has 2 rings (SSSR count). The molecule has 0 atom stereocenters. The summed E-state index contributed by atoms with van der Waals surface area (Å²) in [5.74, 6) is -0.605.